The molecule has 1 aromatic carbocycles. The Labute approximate surface area is 180 Å². The lowest BCUT2D eigenvalue weighted by Crippen LogP contribution is -2.57. The van der Waals surface area contributed by atoms with Gasteiger partial charge in [-0.15, -0.1) is 11.8 Å². The number of hydrogen-bond acceptors (Lipinski definition) is 6. The van der Waals surface area contributed by atoms with E-state index in [1.165, 1.54) is 12.3 Å². The second-order valence-corrected chi connectivity index (χ2v) is 9.50. The van der Waals surface area contributed by atoms with Crippen molar-refractivity contribution in [2.45, 2.75) is 37.1 Å². The molecule has 1 aromatic heterocycles. The number of hydrogen-bond donors (Lipinski definition) is 3. The maximum absolute atomic E-state index is 12.7. The van der Waals surface area contributed by atoms with Gasteiger partial charge in [0.05, 0.1) is 11.8 Å². The van der Waals surface area contributed by atoms with Gasteiger partial charge in [-0.05, 0) is 49.3 Å². The van der Waals surface area contributed by atoms with Crippen molar-refractivity contribution in [3.8, 4) is 5.75 Å². The average Bonchev–Trinajstić information content (AvgIpc) is 3.13. The number of amides is 2. The predicted octanol–water partition coefficient (Wildman–Crippen LogP) is 2.91. The van der Waals surface area contributed by atoms with Crippen LogP contribution in [-0.4, -0.2) is 51.7 Å². The molecule has 1 saturated carbocycles. The fraction of sp³-hybridized carbons (Fsp3) is 0.409. The summed E-state index contributed by atoms with van der Waals surface area (Å²) in [6.45, 7) is 3.36. The minimum atomic E-state index is -0.209. The molecule has 2 amide bonds. The fourth-order valence-electron chi connectivity index (χ4n) is 4.49. The van der Waals surface area contributed by atoms with Gasteiger partial charge in [-0.1, -0.05) is 13.0 Å². The van der Waals surface area contributed by atoms with Crippen molar-refractivity contribution in [2.75, 3.05) is 24.6 Å². The van der Waals surface area contributed by atoms with E-state index in [4.69, 9.17) is 5.73 Å². The summed E-state index contributed by atoms with van der Waals surface area (Å²) in [7, 11) is 0. The fourth-order valence-corrected chi connectivity index (χ4v) is 5.21. The first-order chi connectivity index (χ1) is 14.4. The van der Waals surface area contributed by atoms with Crippen molar-refractivity contribution >= 4 is 29.4 Å². The Morgan fingerprint density at radius 2 is 2.17 bits per heavy atom. The van der Waals surface area contributed by atoms with Crippen LogP contribution in [0.15, 0.2) is 41.4 Å². The molecule has 2 fully saturated rings. The SMILES string of the molecule is CCSc1cccc(C(=O)NC2CCC3(C2)CN(C(=O)c2cc(O)cnc2N)C3)c1. The molecule has 2 heterocycles. The number of nitrogen functional groups attached to an aromatic ring is 1. The number of nitrogens with one attached hydrogen (secondary N) is 1. The van der Waals surface area contributed by atoms with Gasteiger partial charge in [-0.3, -0.25) is 9.59 Å². The number of nitrogens with zero attached hydrogens (tertiary/aromatic N) is 2. The Morgan fingerprint density at radius 3 is 2.93 bits per heavy atom. The monoisotopic (exact) mass is 426 g/mol. The van der Waals surface area contributed by atoms with Crippen LogP contribution in [0.1, 0.15) is 46.9 Å². The predicted molar refractivity (Wildman–Crippen MR) is 117 cm³/mol. The van der Waals surface area contributed by atoms with E-state index in [1.54, 1.807) is 16.7 Å². The van der Waals surface area contributed by atoms with Gasteiger partial charge in [0.15, 0.2) is 0 Å². The topological polar surface area (TPSA) is 109 Å². The van der Waals surface area contributed by atoms with E-state index in [-0.39, 0.29) is 40.4 Å². The highest BCUT2D eigenvalue weighted by Crippen LogP contribution is 2.46. The third-order valence-corrected chi connectivity index (χ3v) is 6.80. The van der Waals surface area contributed by atoms with E-state index >= 15 is 0 Å². The minimum Gasteiger partial charge on any atom is -0.506 e. The van der Waals surface area contributed by atoms with E-state index in [2.05, 4.69) is 17.2 Å². The molecule has 8 heteroatoms. The smallest absolute Gasteiger partial charge is 0.257 e. The number of anilines is 1. The number of pyridine rings is 1. The molecule has 1 aliphatic heterocycles. The molecule has 1 spiro atoms. The van der Waals surface area contributed by atoms with Crippen LogP contribution in [0, 0.1) is 5.41 Å². The molecule has 1 saturated heterocycles. The molecule has 30 heavy (non-hydrogen) atoms. The highest BCUT2D eigenvalue weighted by molar-refractivity contribution is 7.99. The average molecular weight is 427 g/mol. The summed E-state index contributed by atoms with van der Waals surface area (Å²) < 4.78 is 0. The van der Waals surface area contributed by atoms with Crippen LogP contribution in [0.3, 0.4) is 0 Å². The second-order valence-electron chi connectivity index (χ2n) is 8.16. The zero-order chi connectivity index (χ0) is 21.3. The number of carbonyl (C=O) groups is 2. The molecule has 2 aromatic rings. The maximum atomic E-state index is 12.7. The third-order valence-electron chi connectivity index (χ3n) is 5.92. The van der Waals surface area contributed by atoms with E-state index in [0.29, 0.717) is 18.7 Å². The molecule has 1 unspecified atom stereocenters. The van der Waals surface area contributed by atoms with Gasteiger partial charge >= 0.3 is 0 Å². The Morgan fingerprint density at radius 1 is 1.37 bits per heavy atom. The summed E-state index contributed by atoms with van der Waals surface area (Å²) in [5.74, 6) is 0.766. The Bertz CT molecular complexity index is 975. The largest absolute Gasteiger partial charge is 0.506 e. The van der Waals surface area contributed by atoms with Crippen molar-refractivity contribution < 1.29 is 14.7 Å². The molecule has 4 rings (SSSR count). The highest BCUT2D eigenvalue weighted by atomic mass is 32.2. The summed E-state index contributed by atoms with van der Waals surface area (Å²) in [4.78, 5) is 32.1. The Kier molecular flexibility index (Phi) is 5.60. The summed E-state index contributed by atoms with van der Waals surface area (Å²) in [5.41, 5.74) is 6.76. The number of thioether (sulfide) groups is 1. The lowest BCUT2D eigenvalue weighted by atomic mass is 9.77. The van der Waals surface area contributed by atoms with Crippen molar-refractivity contribution in [3.63, 3.8) is 0 Å². The summed E-state index contributed by atoms with van der Waals surface area (Å²) in [6.07, 6.45) is 3.97. The molecular formula is C22H26N4O3S. The highest BCUT2D eigenvalue weighted by Gasteiger charge is 2.50. The molecule has 158 valence electrons. The minimum absolute atomic E-state index is 0.0403. The van der Waals surface area contributed by atoms with Crippen LogP contribution in [0.25, 0.3) is 0 Å². The van der Waals surface area contributed by atoms with E-state index in [9.17, 15) is 14.7 Å². The quantitative estimate of drug-likeness (QED) is 0.635. The van der Waals surface area contributed by atoms with E-state index < -0.39 is 0 Å². The molecule has 1 atom stereocenters. The normalized spacial score (nSPS) is 19.5. The number of likely N-dealkylation sites (tertiary alicyclic amines) is 1. The van der Waals surface area contributed by atoms with Crippen molar-refractivity contribution in [2.24, 2.45) is 5.41 Å². The summed E-state index contributed by atoms with van der Waals surface area (Å²) in [5, 5.41) is 12.8. The first-order valence-corrected chi connectivity index (χ1v) is 11.2. The number of carbonyl (C=O) groups excluding carboxylic acids is 2. The van der Waals surface area contributed by atoms with Gasteiger partial charge in [-0.2, -0.15) is 0 Å². The number of nitrogens with two attached hydrogens (primary N) is 1. The van der Waals surface area contributed by atoms with Gasteiger partial charge in [0.2, 0.25) is 0 Å². The van der Waals surface area contributed by atoms with Gasteiger partial charge in [0.25, 0.3) is 11.8 Å². The number of rotatable bonds is 5. The standard InChI is InChI=1S/C22H26N4O3S/c1-2-30-17-5-3-4-14(8-17)20(28)25-15-6-7-22(10-15)12-26(13-22)21(29)18-9-16(27)11-24-19(18)23/h3-5,8-9,11,15,27H,2,6-7,10,12-13H2,1H3,(H2,23,24)(H,25,28). The molecule has 0 bridgehead atoms. The van der Waals surface area contributed by atoms with Gasteiger partial charge in [0.1, 0.15) is 11.6 Å². The Hall–Kier alpha value is -2.74. The van der Waals surface area contributed by atoms with Crippen LogP contribution in [0.2, 0.25) is 0 Å². The van der Waals surface area contributed by atoms with Gasteiger partial charge in [0, 0.05) is 35.0 Å². The number of benzene rings is 1. The summed E-state index contributed by atoms with van der Waals surface area (Å²) >= 11 is 1.72. The lowest BCUT2D eigenvalue weighted by molar-refractivity contribution is 0.00815. The molecule has 7 nitrogen and oxygen atoms in total. The molecule has 4 N–H and O–H groups in total. The Balaban J connectivity index is 1.33. The molecule has 2 aliphatic rings. The first kappa shape index (κ1) is 20.5. The zero-order valence-electron chi connectivity index (χ0n) is 16.9. The van der Waals surface area contributed by atoms with Crippen molar-refractivity contribution in [1.29, 1.82) is 0 Å². The lowest BCUT2D eigenvalue weighted by Gasteiger charge is -2.48. The summed E-state index contributed by atoms with van der Waals surface area (Å²) in [6, 6.07) is 9.19. The zero-order valence-corrected chi connectivity index (χ0v) is 17.7. The van der Waals surface area contributed by atoms with Crippen LogP contribution < -0.4 is 11.1 Å². The van der Waals surface area contributed by atoms with E-state index in [1.807, 2.05) is 24.3 Å². The van der Waals surface area contributed by atoms with Gasteiger partial charge in [-0.25, -0.2) is 4.98 Å². The molecule has 0 radical (unpaired) electrons. The van der Waals surface area contributed by atoms with Crippen molar-refractivity contribution in [1.82, 2.24) is 15.2 Å². The molecular weight excluding hydrogens is 400 g/mol. The third kappa shape index (κ3) is 4.09. The van der Waals surface area contributed by atoms with Gasteiger partial charge < -0.3 is 21.1 Å². The van der Waals surface area contributed by atoms with Crippen LogP contribution in [0.5, 0.6) is 5.75 Å². The first-order valence-electron chi connectivity index (χ1n) is 10.2. The van der Waals surface area contributed by atoms with Crippen LogP contribution in [-0.2, 0) is 0 Å². The number of aromatic nitrogens is 1. The van der Waals surface area contributed by atoms with Crippen LogP contribution in [0.4, 0.5) is 5.82 Å². The van der Waals surface area contributed by atoms with Crippen LogP contribution >= 0.6 is 11.8 Å². The maximum Gasteiger partial charge on any atom is 0.257 e. The van der Waals surface area contributed by atoms with Crippen molar-refractivity contribution in [3.05, 3.63) is 47.7 Å². The second kappa shape index (κ2) is 8.18. The van der Waals surface area contributed by atoms with E-state index in [0.717, 1.165) is 29.9 Å². The number of aromatic hydroxyl groups is 1. The molecule has 1 aliphatic carbocycles.